The van der Waals surface area contributed by atoms with E-state index in [4.69, 9.17) is 0 Å². The Morgan fingerprint density at radius 3 is 2.33 bits per heavy atom. The lowest BCUT2D eigenvalue weighted by molar-refractivity contribution is -0.126. The molecule has 4 nitrogen and oxygen atoms in total. The van der Waals surface area contributed by atoms with Crippen molar-refractivity contribution in [3.05, 3.63) is 29.8 Å². The molecule has 0 saturated heterocycles. The molecule has 0 saturated carbocycles. The first-order valence-electron chi connectivity index (χ1n) is 7.54. The van der Waals surface area contributed by atoms with E-state index in [2.05, 4.69) is 12.2 Å². The van der Waals surface area contributed by atoms with Gasteiger partial charge in [-0.1, -0.05) is 38.8 Å². The van der Waals surface area contributed by atoms with Gasteiger partial charge >= 0.3 is 0 Å². The number of carbonyl (C=O) groups is 2. The number of rotatable bonds is 8. The number of anilines is 1. The number of unbranched alkanes of at least 4 members (excludes halogenated alkanes) is 2. The molecule has 2 N–H and O–H groups in total. The van der Waals surface area contributed by atoms with E-state index in [1.807, 2.05) is 0 Å². The average Bonchev–Trinajstić information content (AvgIpc) is 2.46. The molecule has 0 aliphatic carbocycles. The van der Waals surface area contributed by atoms with Crippen LogP contribution < -0.4 is 5.32 Å². The highest BCUT2D eigenvalue weighted by Gasteiger charge is 2.22. The Morgan fingerprint density at radius 1 is 1.19 bits per heavy atom. The number of hydrogen-bond donors (Lipinski definition) is 2. The number of amides is 1. The summed E-state index contributed by atoms with van der Waals surface area (Å²) in [6.07, 6.45) is 2.73. The van der Waals surface area contributed by atoms with Gasteiger partial charge in [-0.05, 0) is 24.1 Å². The zero-order valence-electron chi connectivity index (χ0n) is 13.1. The molecule has 2 atom stereocenters. The van der Waals surface area contributed by atoms with Gasteiger partial charge in [-0.2, -0.15) is 0 Å². The fraction of sp³-hybridized carbons (Fsp3) is 0.529. The summed E-state index contributed by atoms with van der Waals surface area (Å²) < 4.78 is 0. The van der Waals surface area contributed by atoms with Gasteiger partial charge < -0.3 is 10.4 Å². The van der Waals surface area contributed by atoms with Crippen molar-refractivity contribution in [2.75, 3.05) is 5.32 Å². The van der Waals surface area contributed by atoms with Crippen molar-refractivity contribution in [2.24, 2.45) is 5.92 Å². The predicted molar refractivity (Wildman–Crippen MR) is 84.0 cm³/mol. The Labute approximate surface area is 126 Å². The lowest BCUT2D eigenvalue weighted by Gasteiger charge is -2.18. The summed E-state index contributed by atoms with van der Waals surface area (Å²) in [5, 5.41) is 13.0. The van der Waals surface area contributed by atoms with Crippen molar-refractivity contribution in [2.45, 2.75) is 52.6 Å². The molecule has 0 aliphatic heterocycles. The van der Waals surface area contributed by atoms with E-state index in [-0.39, 0.29) is 11.7 Å². The molecule has 1 aromatic carbocycles. The summed E-state index contributed by atoms with van der Waals surface area (Å²) in [5.41, 5.74) is 1.38. The molecule has 0 spiro atoms. The topological polar surface area (TPSA) is 66.4 Å². The summed E-state index contributed by atoms with van der Waals surface area (Å²) in [7, 11) is 0. The highest BCUT2D eigenvalue weighted by molar-refractivity contribution is 5.88. The molecular weight excluding hydrogens is 266 g/mol. The van der Waals surface area contributed by atoms with Gasteiger partial charge in [-0.25, -0.2) is 0 Å². The van der Waals surface area contributed by atoms with Crippen LogP contribution in [0.15, 0.2) is 24.3 Å². The van der Waals surface area contributed by atoms with Gasteiger partial charge in [-0.15, -0.1) is 0 Å². The standard InChI is InChI=1S/C17H25NO3/c1-4-5-6-7-16(20)12(2)17(21)14-8-10-15(11-9-14)18-13(3)19/h8-12,17,21H,4-7H2,1-3H3,(H,18,19). The molecule has 21 heavy (non-hydrogen) atoms. The number of benzene rings is 1. The van der Waals surface area contributed by atoms with Gasteiger partial charge in [0.2, 0.25) is 5.91 Å². The van der Waals surface area contributed by atoms with Crippen molar-refractivity contribution >= 4 is 17.4 Å². The van der Waals surface area contributed by atoms with Gasteiger partial charge in [0.15, 0.2) is 0 Å². The molecule has 0 radical (unpaired) electrons. The van der Waals surface area contributed by atoms with Crippen LogP contribution in [0.25, 0.3) is 0 Å². The number of carbonyl (C=O) groups excluding carboxylic acids is 2. The Kier molecular flexibility index (Phi) is 7.09. The SMILES string of the molecule is CCCCCC(=O)C(C)C(O)c1ccc(NC(C)=O)cc1. The van der Waals surface area contributed by atoms with Crippen LogP contribution in [-0.4, -0.2) is 16.8 Å². The maximum Gasteiger partial charge on any atom is 0.221 e. The highest BCUT2D eigenvalue weighted by atomic mass is 16.3. The average molecular weight is 291 g/mol. The summed E-state index contributed by atoms with van der Waals surface area (Å²) in [6, 6.07) is 6.94. The molecule has 2 unspecified atom stereocenters. The first-order chi connectivity index (χ1) is 9.95. The van der Waals surface area contributed by atoms with Gasteiger partial charge in [0, 0.05) is 24.9 Å². The lowest BCUT2D eigenvalue weighted by Crippen LogP contribution is -2.19. The molecular formula is C17H25NO3. The van der Waals surface area contributed by atoms with Crippen molar-refractivity contribution < 1.29 is 14.7 Å². The third-order valence-electron chi connectivity index (χ3n) is 3.58. The molecule has 1 aromatic rings. The zero-order valence-corrected chi connectivity index (χ0v) is 13.1. The first-order valence-corrected chi connectivity index (χ1v) is 7.54. The second-order valence-electron chi connectivity index (χ2n) is 5.46. The molecule has 0 bridgehead atoms. The molecule has 0 aromatic heterocycles. The number of aliphatic hydroxyl groups is 1. The lowest BCUT2D eigenvalue weighted by atomic mass is 9.91. The van der Waals surface area contributed by atoms with E-state index in [0.717, 1.165) is 19.3 Å². The van der Waals surface area contributed by atoms with Crippen LogP contribution in [0.1, 0.15) is 58.1 Å². The van der Waals surface area contributed by atoms with E-state index in [1.54, 1.807) is 31.2 Å². The van der Waals surface area contributed by atoms with Gasteiger partial charge in [0.05, 0.1) is 6.10 Å². The monoisotopic (exact) mass is 291 g/mol. The smallest absolute Gasteiger partial charge is 0.221 e. The predicted octanol–water partition coefficient (Wildman–Crippen LogP) is 3.46. The van der Waals surface area contributed by atoms with Crippen LogP contribution in [0.4, 0.5) is 5.69 Å². The Morgan fingerprint density at radius 2 is 1.81 bits per heavy atom. The van der Waals surface area contributed by atoms with E-state index in [9.17, 15) is 14.7 Å². The van der Waals surface area contributed by atoms with Crippen LogP contribution in [0, 0.1) is 5.92 Å². The van der Waals surface area contributed by atoms with Crippen LogP contribution in [0.3, 0.4) is 0 Å². The number of aliphatic hydroxyl groups excluding tert-OH is 1. The zero-order chi connectivity index (χ0) is 15.8. The summed E-state index contributed by atoms with van der Waals surface area (Å²) in [5.74, 6) is -0.446. The maximum atomic E-state index is 12.0. The number of ketones is 1. The van der Waals surface area contributed by atoms with Crippen molar-refractivity contribution in [1.82, 2.24) is 0 Å². The van der Waals surface area contributed by atoms with Gasteiger partial charge in [-0.3, -0.25) is 9.59 Å². The minimum Gasteiger partial charge on any atom is -0.388 e. The fourth-order valence-corrected chi connectivity index (χ4v) is 2.21. The van der Waals surface area contributed by atoms with Gasteiger partial charge in [0.25, 0.3) is 0 Å². The molecule has 0 heterocycles. The van der Waals surface area contributed by atoms with Crippen LogP contribution in [0.5, 0.6) is 0 Å². The molecule has 0 fully saturated rings. The molecule has 1 rings (SSSR count). The number of hydrogen-bond acceptors (Lipinski definition) is 3. The van der Waals surface area contributed by atoms with E-state index >= 15 is 0 Å². The van der Waals surface area contributed by atoms with E-state index in [1.165, 1.54) is 6.92 Å². The summed E-state index contributed by atoms with van der Waals surface area (Å²) in [6.45, 7) is 5.31. The largest absolute Gasteiger partial charge is 0.388 e. The molecule has 0 aliphatic rings. The van der Waals surface area contributed by atoms with Crippen LogP contribution >= 0.6 is 0 Å². The summed E-state index contributed by atoms with van der Waals surface area (Å²) >= 11 is 0. The normalized spacial score (nSPS) is 13.5. The number of Topliss-reactive ketones (excluding diaryl/α,β-unsaturated/α-hetero) is 1. The highest BCUT2D eigenvalue weighted by Crippen LogP contribution is 2.25. The second-order valence-corrected chi connectivity index (χ2v) is 5.46. The first kappa shape index (κ1) is 17.4. The third kappa shape index (κ3) is 5.68. The quantitative estimate of drug-likeness (QED) is 0.721. The Balaban J connectivity index is 2.62. The number of nitrogens with one attached hydrogen (secondary N) is 1. The van der Waals surface area contributed by atoms with Crippen molar-refractivity contribution in [3.8, 4) is 0 Å². The minimum atomic E-state index is -0.800. The van der Waals surface area contributed by atoms with Crippen molar-refractivity contribution in [3.63, 3.8) is 0 Å². The molecule has 1 amide bonds. The molecule has 4 heteroatoms. The van der Waals surface area contributed by atoms with Crippen LogP contribution in [-0.2, 0) is 9.59 Å². The van der Waals surface area contributed by atoms with E-state index < -0.39 is 12.0 Å². The second kappa shape index (κ2) is 8.57. The third-order valence-corrected chi connectivity index (χ3v) is 3.58. The maximum absolute atomic E-state index is 12.0. The van der Waals surface area contributed by atoms with E-state index in [0.29, 0.717) is 17.7 Å². The summed E-state index contributed by atoms with van der Waals surface area (Å²) in [4.78, 5) is 23.0. The van der Waals surface area contributed by atoms with Gasteiger partial charge in [0.1, 0.15) is 5.78 Å². The fourth-order valence-electron chi connectivity index (χ4n) is 2.21. The van der Waals surface area contributed by atoms with Crippen molar-refractivity contribution in [1.29, 1.82) is 0 Å². The Bertz CT molecular complexity index is 467. The molecule has 116 valence electrons. The Hall–Kier alpha value is -1.68. The van der Waals surface area contributed by atoms with Crippen LogP contribution in [0.2, 0.25) is 0 Å². The minimum absolute atomic E-state index is 0.0990.